The first kappa shape index (κ1) is 16.2. The van der Waals surface area contributed by atoms with E-state index in [9.17, 15) is 4.79 Å². The van der Waals surface area contributed by atoms with Crippen molar-refractivity contribution in [3.63, 3.8) is 0 Å². The maximum absolute atomic E-state index is 12.5. The minimum Gasteiger partial charge on any atom is -0.356 e. The van der Waals surface area contributed by atoms with Crippen molar-refractivity contribution in [2.75, 3.05) is 42.6 Å². The number of pyridine rings is 1. The number of amides is 1. The highest BCUT2D eigenvalue weighted by molar-refractivity contribution is 7.99. The quantitative estimate of drug-likeness (QED) is 0.839. The van der Waals surface area contributed by atoms with Crippen molar-refractivity contribution in [2.24, 2.45) is 5.92 Å². The lowest BCUT2D eigenvalue weighted by Gasteiger charge is -2.34. The van der Waals surface area contributed by atoms with Crippen molar-refractivity contribution >= 4 is 44.9 Å². The molecule has 128 valence electrons. The molecule has 0 spiro atoms. The van der Waals surface area contributed by atoms with Crippen LogP contribution in [0.5, 0.6) is 0 Å². The Labute approximate surface area is 151 Å². The lowest BCUT2D eigenvalue weighted by molar-refractivity contribution is -0.132. The molecule has 0 atom stereocenters. The monoisotopic (exact) mass is 361 g/mol. The van der Waals surface area contributed by atoms with Crippen LogP contribution in [0.1, 0.15) is 19.3 Å². The Balaban J connectivity index is 1.35. The lowest BCUT2D eigenvalue weighted by Crippen LogP contribution is -2.40. The first-order valence-electron chi connectivity index (χ1n) is 8.74. The predicted molar refractivity (Wildman–Crippen MR) is 103 cm³/mol. The summed E-state index contributed by atoms with van der Waals surface area (Å²) in [6.45, 7) is 3.89. The fourth-order valence-corrected chi connectivity index (χ4v) is 5.35. The van der Waals surface area contributed by atoms with E-state index < -0.39 is 0 Å². The molecule has 0 aliphatic carbocycles. The molecule has 1 amide bonds. The number of hydrogen-bond donors (Lipinski definition) is 0. The molecule has 0 saturated carbocycles. The van der Waals surface area contributed by atoms with Crippen LogP contribution < -0.4 is 4.90 Å². The number of fused-ring (bicyclic) bond motifs is 1. The summed E-state index contributed by atoms with van der Waals surface area (Å²) in [5, 5.41) is 3.40. The van der Waals surface area contributed by atoms with Crippen LogP contribution in [0.4, 0.5) is 5.82 Å². The number of carbonyl (C=O) groups is 1. The molecule has 24 heavy (non-hydrogen) atoms. The van der Waals surface area contributed by atoms with Crippen molar-refractivity contribution in [2.45, 2.75) is 19.3 Å². The molecule has 0 unspecified atom stereocenters. The van der Waals surface area contributed by atoms with E-state index in [1.54, 1.807) is 11.3 Å². The zero-order valence-electron chi connectivity index (χ0n) is 13.8. The Hall–Kier alpha value is -1.27. The van der Waals surface area contributed by atoms with Gasteiger partial charge in [0.1, 0.15) is 5.82 Å². The van der Waals surface area contributed by atoms with Crippen molar-refractivity contribution in [3.05, 3.63) is 23.7 Å². The van der Waals surface area contributed by atoms with Crippen LogP contribution in [0.3, 0.4) is 0 Å². The first-order valence-corrected chi connectivity index (χ1v) is 10.8. The number of piperidine rings is 1. The summed E-state index contributed by atoms with van der Waals surface area (Å²) in [5.74, 6) is 4.21. The van der Waals surface area contributed by atoms with Crippen LogP contribution in [-0.4, -0.2) is 53.5 Å². The fourth-order valence-electron chi connectivity index (χ4n) is 3.67. The minimum atomic E-state index is 0.367. The largest absolute Gasteiger partial charge is 0.356 e. The Morgan fingerprint density at radius 2 is 1.96 bits per heavy atom. The van der Waals surface area contributed by atoms with Gasteiger partial charge in [-0.3, -0.25) is 4.79 Å². The molecule has 2 aromatic rings. The molecule has 4 heterocycles. The van der Waals surface area contributed by atoms with Crippen molar-refractivity contribution in [1.82, 2.24) is 9.88 Å². The average Bonchev–Trinajstić information content (AvgIpc) is 3.12. The molecule has 2 fully saturated rings. The third-order valence-corrected chi connectivity index (χ3v) is 6.92. The van der Waals surface area contributed by atoms with Gasteiger partial charge in [-0.1, -0.05) is 0 Å². The molecule has 0 aromatic carbocycles. The van der Waals surface area contributed by atoms with Crippen molar-refractivity contribution < 1.29 is 4.79 Å². The summed E-state index contributed by atoms with van der Waals surface area (Å²) in [7, 11) is 0. The second-order valence-corrected chi connectivity index (χ2v) is 8.77. The summed E-state index contributed by atoms with van der Waals surface area (Å²) >= 11 is 3.73. The summed E-state index contributed by atoms with van der Waals surface area (Å²) in [4.78, 5) is 21.5. The summed E-state index contributed by atoms with van der Waals surface area (Å²) in [6.07, 6.45) is 4.83. The number of thioether (sulfide) groups is 1. The zero-order chi connectivity index (χ0) is 16.4. The SMILES string of the molecule is O=C(CC1CCN(c2nccc3sccc23)CC1)N1CCSCC1. The summed E-state index contributed by atoms with van der Waals surface area (Å²) in [5.41, 5.74) is 0. The number of anilines is 1. The van der Waals surface area contributed by atoms with Crippen LogP contribution in [0.25, 0.3) is 10.1 Å². The Morgan fingerprint density at radius 3 is 2.75 bits per heavy atom. The molecule has 4 rings (SSSR count). The van der Waals surface area contributed by atoms with E-state index >= 15 is 0 Å². The predicted octanol–water partition coefficient (Wildman–Crippen LogP) is 3.48. The van der Waals surface area contributed by atoms with E-state index in [2.05, 4.69) is 32.3 Å². The Morgan fingerprint density at radius 1 is 1.17 bits per heavy atom. The molecule has 6 heteroatoms. The molecule has 2 aliphatic heterocycles. The molecule has 2 aromatic heterocycles. The highest BCUT2D eigenvalue weighted by Crippen LogP contribution is 2.31. The zero-order valence-corrected chi connectivity index (χ0v) is 15.5. The minimum absolute atomic E-state index is 0.367. The van der Waals surface area contributed by atoms with Gasteiger partial charge in [0.05, 0.1) is 0 Å². The molecular formula is C18H23N3OS2. The molecule has 0 N–H and O–H groups in total. The highest BCUT2D eigenvalue weighted by Gasteiger charge is 2.26. The normalized spacial score (nSPS) is 19.8. The number of nitrogens with zero attached hydrogens (tertiary/aromatic N) is 3. The van der Waals surface area contributed by atoms with E-state index in [1.165, 1.54) is 10.1 Å². The van der Waals surface area contributed by atoms with E-state index in [4.69, 9.17) is 0 Å². The van der Waals surface area contributed by atoms with Gasteiger partial charge in [-0.2, -0.15) is 11.8 Å². The maximum Gasteiger partial charge on any atom is 0.222 e. The average molecular weight is 362 g/mol. The molecule has 4 nitrogen and oxygen atoms in total. The van der Waals surface area contributed by atoms with Gasteiger partial charge in [0.25, 0.3) is 0 Å². The van der Waals surface area contributed by atoms with Crippen molar-refractivity contribution in [3.8, 4) is 0 Å². The lowest BCUT2D eigenvalue weighted by atomic mass is 9.93. The van der Waals surface area contributed by atoms with Gasteiger partial charge in [-0.05, 0) is 36.3 Å². The van der Waals surface area contributed by atoms with Gasteiger partial charge in [0.2, 0.25) is 5.91 Å². The highest BCUT2D eigenvalue weighted by atomic mass is 32.2. The van der Waals surface area contributed by atoms with Crippen LogP contribution >= 0.6 is 23.1 Å². The van der Waals surface area contributed by atoms with E-state index in [1.807, 2.05) is 18.0 Å². The van der Waals surface area contributed by atoms with Crippen LogP contribution in [0, 0.1) is 5.92 Å². The summed E-state index contributed by atoms with van der Waals surface area (Å²) in [6, 6.07) is 4.26. The van der Waals surface area contributed by atoms with Crippen LogP contribution in [0.2, 0.25) is 0 Å². The molecule has 2 saturated heterocycles. The van der Waals surface area contributed by atoms with E-state index in [0.29, 0.717) is 11.8 Å². The maximum atomic E-state index is 12.5. The molecule has 2 aliphatic rings. The summed E-state index contributed by atoms with van der Waals surface area (Å²) < 4.78 is 1.31. The van der Waals surface area contributed by atoms with E-state index in [-0.39, 0.29) is 0 Å². The number of carbonyl (C=O) groups excluding carboxylic acids is 1. The van der Waals surface area contributed by atoms with Crippen LogP contribution in [0.15, 0.2) is 23.7 Å². The molecule has 0 bridgehead atoms. The standard InChI is InChI=1S/C18H23N3OS2/c22-17(20-8-11-23-12-9-20)13-14-2-6-21(7-3-14)18-15-4-10-24-16(15)1-5-19-18/h1,4-5,10,14H,2-3,6-9,11-13H2. The number of rotatable bonds is 3. The van der Waals surface area contributed by atoms with E-state index in [0.717, 1.165) is 62.8 Å². The fraction of sp³-hybridized carbons (Fsp3) is 0.556. The number of aromatic nitrogens is 1. The van der Waals surface area contributed by atoms with Gasteiger partial charge in [0.15, 0.2) is 0 Å². The van der Waals surface area contributed by atoms with Gasteiger partial charge >= 0.3 is 0 Å². The van der Waals surface area contributed by atoms with Crippen molar-refractivity contribution in [1.29, 1.82) is 0 Å². The van der Waals surface area contributed by atoms with Gasteiger partial charge < -0.3 is 9.80 Å². The third kappa shape index (κ3) is 3.40. The smallest absolute Gasteiger partial charge is 0.222 e. The first-order chi connectivity index (χ1) is 11.8. The number of hydrogen-bond acceptors (Lipinski definition) is 5. The Kier molecular flexibility index (Phi) is 4.94. The van der Waals surface area contributed by atoms with Gasteiger partial charge in [-0.15, -0.1) is 11.3 Å². The second kappa shape index (κ2) is 7.31. The van der Waals surface area contributed by atoms with Gasteiger partial charge in [-0.25, -0.2) is 4.98 Å². The van der Waals surface area contributed by atoms with Gasteiger partial charge in [0, 0.05) is 60.4 Å². The third-order valence-electron chi connectivity index (χ3n) is 5.10. The second-order valence-electron chi connectivity index (χ2n) is 6.59. The topological polar surface area (TPSA) is 36.4 Å². The number of thiophene rings is 1. The van der Waals surface area contributed by atoms with Crippen LogP contribution in [-0.2, 0) is 4.79 Å². The molecular weight excluding hydrogens is 338 g/mol. The molecule has 0 radical (unpaired) electrons. The Bertz CT molecular complexity index is 703.